The van der Waals surface area contributed by atoms with Crippen molar-refractivity contribution < 1.29 is 24.2 Å². The Bertz CT molecular complexity index is 1090. The van der Waals surface area contributed by atoms with Crippen LogP contribution in [0.2, 0.25) is 0 Å². The van der Waals surface area contributed by atoms with Crippen molar-refractivity contribution in [3.63, 3.8) is 0 Å². The molecule has 3 amide bonds. The van der Waals surface area contributed by atoms with Crippen molar-refractivity contribution in [3.05, 3.63) is 77.9 Å². The first-order chi connectivity index (χ1) is 18.0. The highest BCUT2D eigenvalue weighted by molar-refractivity contribution is 5.93. The molecule has 2 rings (SSSR count). The number of nitrogens with one attached hydrogen (secondary N) is 2. The highest BCUT2D eigenvalue weighted by Crippen LogP contribution is 2.32. The second kappa shape index (κ2) is 14.2. The lowest BCUT2D eigenvalue weighted by Gasteiger charge is -2.34. The average molecular weight is 524 g/mol. The molecule has 0 aliphatic rings. The fraction of sp³-hybridized carbons (Fsp3) is 0.433. The Morgan fingerprint density at radius 2 is 1.79 bits per heavy atom. The molecule has 0 aliphatic carbocycles. The van der Waals surface area contributed by atoms with Crippen LogP contribution in [0.5, 0.6) is 5.75 Å². The van der Waals surface area contributed by atoms with Crippen molar-refractivity contribution in [2.24, 2.45) is 0 Å². The summed E-state index contributed by atoms with van der Waals surface area (Å²) < 4.78 is 5.43. The van der Waals surface area contributed by atoms with Gasteiger partial charge in [-0.3, -0.25) is 9.59 Å². The van der Waals surface area contributed by atoms with Gasteiger partial charge in [0.1, 0.15) is 23.4 Å². The molecular weight excluding hydrogens is 482 g/mol. The SMILES string of the molecule is C=CCN(C(=O)C(Cc1ccccc1)NC(=O)OC(C)(C)C)C(C(=O)NCCCC)c1cccc(C)c1O. The number of hydrogen-bond donors (Lipinski definition) is 3. The maximum absolute atomic E-state index is 14.1. The van der Waals surface area contributed by atoms with E-state index in [2.05, 4.69) is 17.2 Å². The molecule has 2 aromatic rings. The Balaban J connectivity index is 2.54. The number of rotatable bonds is 12. The summed E-state index contributed by atoms with van der Waals surface area (Å²) in [5.41, 5.74) is 0.931. The molecule has 0 fully saturated rings. The van der Waals surface area contributed by atoms with Gasteiger partial charge in [-0.1, -0.05) is 68.0 Å². The number of hydrogen-bond acceptors (Lipinski definition) is 5. The number of phenols is 1. The Morgan fingerprint density at radius 3 is 2.39 bits per heavy atom. The summed E-state index contributed by atoms with van der Waals surface area (Å²) in [5.74, 6) is -0.994. The van der Waals surface area contributed by atoms with E-state index in [1.807, 2.05) is 37.3 Å². The van der Waals surface area contributed by atoms with Gasteiger partial charge in [0.2, 0.25) is 11.8 Å². The van der Waals surface area contributed by atoms with Crippen LogP contribution in [0.4, 0.5) is 4.79 Å². The van der Waals surface area contributed by atoms with Gasteiger partial charge >= 0.3 is 6.09 Å². The molecule has 0 saturated carbocycles. The lowest BCUT2D eigenvalue weighted by molar-refractivity contribution is -0.141. The van der Waals surface area contributed by atoms with Crippen molar-refractivity contribution in [1.82, 2.24) is 15.5 Å². The summed E-state index contributed by atoms with van der Waals surface area (Å²) in [5, 5.41) is 16.5. The quantitative estimate of drug-likeness (QED) is 0.273. The molecule has 0 saturated heterocycles. The summed E-state index contributed by atoms with van der Waals surface area (Å²) in [6.45, 7) is 13.2. The highest BCUT2D eigenvalue weighted by Gasteiger charge is 2.37. The number of aromatic hydroxyl groups is 1. The molecule has 206 valence electrons. The zero-order valence-electron chi connectivity index (χ0n) is 23.1. The lowest BCUT2D eigenvalue weighted by Crippen LogP contribution is -2.54. The van der Waals surface area contributed by atoms with Gasteiger partial charge in [0.25, 0.3) is 0 Å². The summed E-state index contributed by atoms with van der Waals surface area (Å²) in [4.78, 5) is 41.8. The van der Waals surface area contributed by atoms with Crippen molar-refractivity contribution in [2.75, 3.05) is 13.1 Å². The van der Waals surface area contributed by atoms with E-state index in [9.17, 15) is 19.5 Å². The molecule has 0 aliphatic heterocycles. The minimum absolute atomic E-state index is 0.0133. The van der Waals surface area contributed by atoms with Crippen molar-refractivity contribution >= 4 is 17.9 Å². The predicted octanol–water partition coefficient (Wildman–Crippen LogP) is 4.81. The molecule has 3 N–H and O–H groups in total. The van der Waals surface area contributed by atoms with E-state index >= 15 is 0 Å². The first kappa shape index (κ1) is 30.4. The van der Waals surface area contributed by atoms with Gasteiger partial charge in [-0.15, -0.1) is 6.58 Å². The highest BCUT2D eigenvalue weighted by atomic mass is 16.6. The normalized spacial score (nSPS) is 12.7. The number of nitrogens with zero attached hydrogens (tertiary/aromatic N) is 1. The maximum atomic E-state index is 14.1. The van der Waals surface area contributed by atoms with E-state index in [0.29, 0.717) is 17.7 Å². The standard InChI is InChI=1S/C30H41N3O5/c1-7-9-18-31-27(35)25(23-17-13-14-21(3)26(23)34)33(19-8-2)28(36)24(20-22-15-11-10-12-16-22)32-29(37)38-30(4,5)6/h8,10-17,24-25,34H,2,7,9,18-20H2,1,3-6H3,(H,31,35)(H,32,37). The second-order valence-corrected chi connectivity index (χ2v) is 10.2. The molecule has 38 heavy (non-hydrogen) atoms. The number of para-hydroxylation sites is 1. The van der Waals surface area contributed by atoms with Crippen LogP contribution < -0.4 is 10.6 Å². The number of benzene rings is 2. The van der Waals surface area contributed by atoms with Crippen molar-refractivity contribution in [2.45, 2.75) is 71.6 Å². The molecule has 8 nitrogen and oxygen atoms in total. The van der Waals surface area contributed by atoms with Crippen LogP contribution in [0.25, 0.3) is 0 Å². The predicted molar refractivity (Wildman–Crippen MR) is 149 cm³/mol. The van der Waals surface area contributed by atoms with E-state index < -0.39 is 35.6 Å². The number of unbranched alkanes of at least 4 members (excludes halogenated alkanes) is 1. The Kier molecular flexibility index (Phi) is 11.4. The van der Waals surface area contributed by atoms with E-state index in [1.54, 1.807) is 45.9 Å². The lowest BCUT2D eigenvalue weighted by atomic mass is 9.98. The summed E-state index contributed by atoms with van der Waals surface area (Å²) in [6, 6.07) is 12.2. The fourth-order valence-electron chi connectivity index (χ4n) is 4.00. The molecule has 0 aromatic heterocycles. The second-order valence-electron chi connectivity index (χ2n) is 10.2. The topological polar surface area (TPSA) is 108 Å². The third-order valence-corrected chi connectivity index (χ3v) is 5.83. The number of amides is 3. The van der Waals surface area contributed by atoms with Crippen LogP contribution in [0.1, 0.15) is 63.3 Å². The molecule has 2 aromatic carbocycles. The van der Waals surface area contributed by atoms with Crippen LogP contribution in [0.3, 0.4) is 0 Å². The number of ether oxygens (including phenoxy) is 1. The largest absolute Gasteiger partial charge is 0.507 e. The van der Waals surface area contributed by atoms with Crippen LogP contribution in [0, 0.1) is 6.92 Å². The van der Waals surface area contributed by atoms with Gasteiger partial charge in [-0.25, -0.2) is 4.79 Å². The Hall–Kier alpha value is -3.81. The molecule has 0 spiro atoms. The Labute approximate surface area is 226 Å². The zero-order valence-corrected chi connectivity index (χ0v) is 23.1. The van der Waals surface area contributed by atoms with Crippen LogP contribution in [0.15, 0.2) is 61.2 Å². The van der Waals surface area contributed by atoms with Gasteiger partial charge in [0, 0.05) is 25.1 Å². The van der Waals surface area contributed by atoms with Crippen LogP contribution in [-0.2, 0) is 20.7 Å². The zero-order chi connectivity index (χ0) is 28.3. The minimum Gasteiger partial charge on any atom is -0.507 e. The number of carbonyl (C=O) groups is 3. The monoisotopic (exact) mass is 523 g/mol. The van der Waals surface area contributed by atoms with E-state index in [4.69, 9.17) is 4.74 Å². The molecule has 8 heteroatoms. The average Bonchev–Trinajstić information content (AvgIpc) is 2.85. The van der Waals surface area contributed by atoms with Crippen molar-refractivity contribution in [3.8, 4) is 5.75 Å². The Morgan fingerprint density at radius 1 is 1.11 bits per heavy atom. The van der Waals surface area contributed by atoms with Crippen LogP contribution >= 0.6 is 0 Å². The van der Waals surface area contributed by atoms with Gasteiger partial charge in [0.15, 0.2) is 0 Å². The number of phenolic OH excluding ortho intramolecular Hbond substituents is 1. The van der Waals surface area contributed by atoms with Gasteiger partial charge < -0.3 is 25.4 Å². The van der Waals surface area contributed by atoms with E-state index in [1.165, 1.54) is 11.0 Å². The van der Waals surface area contributed by atoms with E-state index in [0.717, 1.165) is 18.4 Å². The van der Waals surface area contributed by atoms with Gasteiger partial charge in [-0.05, 0) is 45.2 Å². The molecule has 0 heterocycles. The number of carbonyl (C=O) groups excluding carboxylic acids is 3. The first-order valence-electron chi connectivity index (χ1n) is 13.0. The third-order valence-electron chi connectivity index (χ3n) is 5.83. The number of alkyl carbamates (subject to hydrolysis) is 1. The minimum atomic E-state index is -1.14. The van der Waals surface area contributed by atoms with E-state index in [-0.39, 0.29) is 18.7 Å². The maximum Gasteiger partial charge on any atom is 0.408 e. The summed E-state index contributed by atoms with van der Waals surface area (Å²) in [7, 11) is 0. The molecular formula is C30H41N3O5. The summed E-state index contributed by atoms with van der Waals surface area (Å²) >= 11 is 0. The number of aryl methyl sites for hydroxylation is 1. The first-order valence-corrected chi connectivity index (χ1v) is 13.0. The molecule has 2 unspecified atom stereocenters. The molecule has 0 radical (unpaired) electrons. The summed E-state index contributed by atoms with van der Waals surface area (Å²) in [6.07, 6.45) is 2.60. The molecule has 0 bridgehead atoms. The van der Waals surface area contributed by atoms with Crippen molar-refractivity contribution in [1.29, 1.82) is 0 Å². The molecule has 2 atom stereocenters. The fourth-order valence-corrected chi connectivity index (χ4v) is 4.00. The third kappa shape index (κ3) is 8.94. The smallest absolute Gasteiger partial charge is 0.408 e. The van der Waals surface area contributed by atoms with Crippen LogP contribution in [-0.4, -0.2) is 52.6 Å². The van der Waals surface area contributed by atoms with Gasteiger partial charge in [0.05, 0.1) is 0 Å². The van der Waals surface area contributed by atoms with Gasteiger partial charge in [-0.2, -0.15) is 0 Å².